The van der Waals surface area contributed by atoms with Crippen molar-refractivity contribution in [3.63, 3.8) is 0 Å². The molecule has 0 saturated heterocycles. The van der Waals surface area contributed by atoms with Crippen molar-refractivity contribution < 1.29 is 9.90 Å². The molecular formula is C5H8N2O2. The number of carbonyl (C=O) groups is 1. The summed E-state index contributed by atoms with van der Waals surface area (Å²) in [7, 11) is 0. The SMILES string of the molecule is CC(O)C(C#N)C(N)=O. The first-order valence-corrected chi connectivity index (χ1v) is 2.46. The number of nitriles is 1. The van der Waals surface area contributed by atoms with Crippen molar-refractivity contribution in [1.29, 1.82) is 5.26 Å². The molecule has 1 amide bonds. The van der Waals surface area contributed by atoms with Crippen LogP contribution < -0.4 is 5.73 Å². The van der Waals surface area contributed by atoms with Gasteiger partial charge in [0, 0.05) is 0 Å². The van der Waals surface area contributed by atoms with Gasteiger partial charge in [-0.2, -0.15) is 5.26 Å². The van der Waals surface area contributed by atoms with Gasteiger partial charge in [0.25, 0.3) is 0 Å². The number of rotatable bonds is 2. The normalized spacial score (nSPS) is 15.7. The van der Waals surface area contributed by atoms with Crippen molar-refractivity contribution in [3.05, 3.63) is 0 Å². The lowest BCUT2D eigenvalue weighted by atomic mass is 10.1. The zero-order valence-corrected chi connectivity index (χ0v) is 5.03. The van der Waals surface area contributed by atoms with Gasteiger partial charge in [-0.3, -0.25) is 4.79 Å². The van der Waals surface area contributed by atoms with Crippen LogP contribution in [0.4, 0.5) is 0 Å². The maximum atomic E-state index is 10.2. The summed E-state index contributed by atoms with van der Waals surface area (Å²) in [5.74, 6) is -1.86. The zero-order valence-electron chi connectivity index (χ0n) is 5.03. The number of hydrogen-bond acceptors (Lipinski definition) is 3. The minimum Gasteiger partial charge on any atom is -0.391 e. The summed E-state index contributed by atoms with van der Waals surface area (Å²) in [5, 5.41) is 16.8. The molecule has 0 aromatic rings. The molecule has 0 spiro atoms. The molecule has 4 heteroatoms. The Morgan fingerprint density at radius 3 is 2.33 bits per heavy atom. The summed E-state index contributed by atoms with van der Waals surface area (Å²) in [6, 6.07) is 1.58. The highest BCUT2D eigenvalue weighted by Crippen LogP contribution is 1.98. The van der Waals surface area contributed by atoms with E-state index in [0.29, 0.717) is 0 Å². The number of amides is 1. The lowest BCUT2D eigenvalue weighted by molar-refractivity contribution is -0.122. The molecule has 0 saturated carbocycles. The fourth-order valence-electron chi connectivity index (χ4n) is 0.409. The van der Waals surface area contributed by atoms with Gasteiger partial charge in [-0.1, -0.05) is 0 Å². The molecule has 0 aromatic carbocycles. The van der Waals surface area contributed by atoms with Gasteiger partial charge in [-0.05, 0) is 6.92 Å². The second-order valence-corrected chi connectivity index (χ2v) is 1.75. The highest BCUT2D eigenvalue weighted by Gasteiger charge is 2.19. The van der Waals surface area contributed by atoms with Crippen molar-refractivity contribution in [1.82, 2.24) is 0 Å². The molecule has 2 unspecified atom stereocenters. The van der Waals surface area contributed by atoms with E-state index in [1.54, 1.807) is 6.07 Å². The van der Waals surface area contributed by atoms with Crippen LogP contribution in [0.5, 0.6) is 0 Å². The molecule has 2 atom stereocenters. The molecular weight excluding hydrogens is 120 g/mol. The molecule has 50 valence electrons. The Bertz CT molecular complexity index is 148. The Labute approximate surface area is 52.9 Å². The molecule has 0 fully saturated rings. The van der Waals surface area contributed by atoms with E-state index in [0.717, 1.165) is 0 Å². The van der Waals surface area contributed by atoms with Crippen LogP contribution in [-0.4, -0.2) is 17.1 Å². The summed E-state index contributed by atoms with van der Waals surface area (Å²) in [6.45, 7) is 1.35. The Morgan fingerprint density at radius 2 is 2.33 bits per heavy atom. The first-order chi connectivity index (χ1) is 4.09. The van der Waals surface area contributed by atoms with E-state index in [2.05, 4.69) is 0 Å². The van der Waals surface area contributed by atoms with E-state index in [9.17, 15) is 4.79 Å². The fourth-order valence-corrected chi connectivity index (χ4v) is 0.409. The largest absolute Gasteiger partial charge is 0.391 e. The molecule has 0 aliphatic heterocycles. The van der Waals surface area contributed by atoms with Crippen LogP contribution in [0.1, 0.15) is 6.92 Å². The summed E-state index contributed by atoms with van der Waals surface area (Å²) in [6.07, 6.45) is -0.979. The molecule has 9 heavy (non-hydrogen) atoms. The lowest BCUT2D eigenvalue weighted by Gasteiger charge is -2.05. The molecule has 4 nitrogen and oxygen atoms in total. The number of nitrogens with zero attached hydrogens (tertiary/aromatic N) is 1. The Balaban J connectivity index is 4.04. The second-order valence-electron chi connectivity index (χ2n) is 1.75. The maximum absolute atomic E-state index is 10.2. The molecule has 0 aliphatic carbocycles. The van der Waals surface area contributed by atoms with Crippen LogP contribution in [0.15, 0.2) is 0 Å². The topological polar surface area (TPSA) is 87.1 Å². The van der Waals surface area contributed by atoms with Crippen LogP contribution in [0.3, 0.4) is 0 Å². The second kappa shape index (κ2) is 3.05. The van der Waals surface area contributed by atoms with Gasteiger partial charge in [0.15, 0.2) is 5.92 Å². The van der Waals surface area contributed by atoms with Crippen molar-refractivity contribution in [2.75, 3.05) is 0 Å². The predicted molar refractivity (Wildman–Crippen MR) is 30.0 cm³/mol. The average Bonchev–Trinajstić information content (AvgIpc) is 1.64. The van der Waals surface area contributed by atoms with Crippen molar-refractivity contribution in [2.24, 2.45) is 11.7 Å². The van der Waals surface area contributed by atoms with Crippen LogP contribution in [0.2, 0.25) is 0 Å². The number of hydrogen-bond donors (Lipinski definition) is 2. The summed E-state index contributed by atoms with van der Waals surface area (Å²) in [4.78, 5) is 10.2. The molecule has 0 aliphatic rings. The molecule has 0 bridgehead atoms. The van der Waals surface area contributed by atoms with Crippen LogP contribution in [-0.2, 0) is 4.79 Å². The average molecular weight is 128 g/mol. The van der Waals surface area contributed by atoms with E-state index in [1.165, 1.54) is 6.92 Å². The quantitative estimate of drug-likeness (QED) is 0.499. The molecule has 0 radical (unpaired) electrons. The third kappa shape index (κ3) is 2.11. The molecule has 0 heterocycles. The molecule has 0 rings (SSSR count). The minimum atomic E-state index is -1.08. The van der Waals surface area contributed by atoms with Gasteiger partial charge < -0.3 is 10.8 Å². The van der Waals surface area contributed by atoms with Gasteiger partial charge in [0.2, 0.25) is 5.91 Å². The van der Waals surface area contributed by atoms with Gasteiger partial charge in [0.1, 0.15) is 0 Å². The van der Waals surface area contributed by atoms with E-state index >= 15 is 0 Å². The summed E-state index contributed by atoms with van der Waals surface area (Å²) >= 11 is 0. The summed E-state index contributed by atoms with van der Waals surface area (Å²) < 4.78 is 0. The van der Waals surface area contributed by atoms with E-state index in [1.807, 2.05) is 0 Å². The van der Waals surface area contributed by atoms with Crippen molar-refractivity contribution in [2.45, 2.75) is 13.0 Å². The third-order valence-electron chi connectivity index (χ3n) is 0.928. The Morgan fingerprint density at radius 1 is 1.89 bits per heavy atom. The summed E-state index contributed by atoms with van der Waals surface area (Å²) in [5.41, 5.74) is 4.73. The highest BCUT2D eigenvalue weighted by molar-refractivity contribution is 5.79. The third-order valence-corrected chi connectivity index (χ3v) is 0.928. The van der Waals surface area contributed by atoms with Gasteiger partial charge in [-0.15, -0.1) is 0 Å². The molecule has 3 N–H and O–H groups in total. The van der Waals surface area contributed by atoms with E-state index in [-0.39, 0.29) is 0 Å². The van der Waals surface area contributed by atoms with Crippen molar-refractivity contribution in [3.8, 4) is 6.07 Å². The van der Waals surface area contributed by atoms with Gasteiger partial charge in [0.05, 0.1) is 12.2 Å². The Kier molecular flexibility index (Phi) is 2.68. The first kappa shape index (κ1) is 7.92. The van der Waals surface area contributed by atoms with Crippen LogP contribution >= 0.6 is 0 Å². The van der Waals surface area contributed by atoms with E-state index < -0.39 is 17.9 Å². The lowest BCUT2D eigenvalue weighted by Crippen LogP contribution is -2.30. The van der Waals surface area contributed by atoms with Crippen LogP contribution in [0, 0.1) is 17.2 Å². The maximum Gasteiger partial charge on any atom is 0.237 e. The monoisotopic (exact) mass is 128 g/mol. The Hall–Kier alpha value is -1.08. The van der Waals surface area contributed by atoms with Gasteiger partial charge >= 0.3 is 0 Å². The molecule has 0 aromatic heterocycles. The smallest absolute Gasteiger partial charge is 0.237 e. The zero-order chi connectivity index (χ0) is 7.44. The van der Waals surface area contributed by atoms with Gasteiger partial charge in [-0.25, -0.2) is 0 Å². The number of aliphatic hydroxyl groups is 1. The van der Waals surface area contributed by atoms with E-state index in [4.69, 9.17) is 16.1 Å². The minimum absolute atomic E-state index is 0.785. The number of nitrogens with two attached hydrogens (primary N) is 1. The standard InChI is InChI=1S/C5H8N2O2/c1-3(8)4(2-6)5(7)9/h3-4,8H,1H3,(H2,7,9). The number of aliphatic hydroxyl groups excluding tert-OH is 1. The highest BCUT2D eigenvalue weighted by atomic mass is 16.3. The van der Waals surface area contributed by atoms with Crippen LogP contribution in [0.25, 0.3) is 0 Å². The fraction of sp³-hybridized carbons (Fsp3) is 0.600. The number of primary amides is 1. The predicted octanol–water partition coefficient (Wildman–Crippen LogP) is -1.01. The number of carbonyl (C=O) groups excluding carboxylic acids is 1. The van der Waals surface area contributed by atoms with Crippen molar-refractivity contribution >= 4 is 5.91 Å². The first-order valence-electron chi connectivity index (χ1n) is 2.46.